The summed E-state index contributed by atoms with van der Waals surface area (Å²) in [7, 11) is 0. The van der Waals surface area contributed by atoms with Crippen molar-refractivity contribution in [1.82, 2.24) is 5.32 Å². The van der Waals surface area contributed by atoms with Gasteiger partial charge >= 0.3 is 0 Å². The highest BCUT2D eigenvalue weighted by atomic mass is 19.1. The van der Waals surface area contributed by atoms with Crippen molar-refractivity contribution in [2.24, 2.45) is 4.99 Å². The first-order valence-electron chi connectivity index (χ1n) is 5.11. The maximum absolute atomic E-state index is 12.6. The number of amides is 1. The van der Waals surface area contributed by atoms with E-state index in [0.29, 0.717) is 18.1 Å². The first kappa shape index (κ1) is 10.6. The third-order valence-corrected chi connectivity index (χ3v) is 2.21. The molecular weight excluding hydrogens is 209 g/mol. The summed E-state index contributed by atoms with van der Waals surface area (Å²) in [6.07, 6.45) is 0.938. The number of aliphatic imine (C=N–C) groups is 1. The summed E-state index contributed by atoms with van der Waals surface area (Å²) in [5.74, 6) is -0.270. The lowest BCUT2D eigenvalue weighted by atomic mass is 10.3. The Kier molecular flexibility index (Phi) is 3.14. The van der Waals surface area contributed by atoms with Crippen LogP contribution in [0.3, 0.4) is 0 Å². The van der Waals surface area contributed by atoms with Gasteiger partial charge in [-0.15, -0.1) is 0 Å². The number of anilines is 1. The highest BCUT2D eigenvalue weighted by Gasteiger charge is 2.13. The van der Waals surface area contributed by atoms with Gasteiger partial charge in [-0.3, -0.25) is 9.79 Å². The van der Waals surface area contributed by atoms with Crippen LogP contribution in [0.5, 0.6) is 0 Å². The Morgan fingerprint density at radius 1 is 1.38 bits per heavy atom. The fourth-order valence-electron chi connectivity index (χ4n) is 1.41. The van der Waals surface area contributed by atoms with Crippen LogP contribution in [0.1, 0.15) is 6.42 Å². The Hall–Kier alpha value is -1.91. The molecule has 2 rings (SSSR count). The van der Waals surface area contributed by atoms with Crippen molar-refractivity contribution in [1.29, 1.82) is 0 Å². The second-order valence-corrected chi connectivity index (χ2v) is 3.47. The second kappa shape index (κ2) is 4.74. The van der Waals surface area contributed by atoms with E-state index in [4.69, 9.17) is 0 Å². The third-order valence-electron chi connectivity index (χ3n) is 2.21. The number of carbonyl (C=O) groups is 1. The summed E-state index contributed by atoms with van der Waals surface area (Å²) >= 11 is 0. The fraction of sp³-hybridized carbons (Fsp3) is 0.273. The number of amidine groups is 1. The van der Waals surface area contributed by atoms with Crippen molar-refractivity contribution in [3.8, 4) is 0 Å². The lowest BCUT2D eigenvalue weighted by molar-refractivity contribution is -0.110. The van der Waals surface area contributed by atoms with Gasteiger partial charge in [-0.05, 0) is 30.7 Å². The van der Waals surface area contributed by atoms with E-state index in [0.717, 1.165) is 13.0 Å². The number of nitrogens with one attached hydrogen (secondary N) is 2. The number of rotatable bonds is 2. The first-order valence-corrected chi connectivity index (χ1v) is 5.11. The van der Waals surface area contributed by atoms with Gasteiger partial charge in [0.1, 0.15) is 5.82 Å². The minimum atomic E-state index is -0.328. The molecule has 4 nitrogen and oxygen atoms in total. The number of carbonyl (C=O) groups excluding carboxylic acids is 1. The molecule has 5 heteroatoms. The van der Waals surface area contributed by atoms with Gasteiger partial charge in [0, 0.05) is 18.8 Å². The van der Waals surface area contributed by atoms with Crippen molar-refractivity contribution < 1.29 is 9.18 Å². The molecule has 1 heterocycles. The molecule has 0 saturated carbocycles. The Morgan fingerprint density at radius 2 is 2.12 bits per heavy atom. The maximum Gasteiger partial charge on any atom is 0.290 e. The fourth-order valence-corrected chi connectivity index (χ4v) is 1.41. The molecule has 2 N–H and O–H groups in total. The van der Waals surface area contributed by atoms with Gasteiger partial charge in [-0.25, -0.2) is 4.39 Å². The molecule has 1 amide bonds. The summed E-state index contributed by atoms with van der Waals surface area (Å²) in [4.78, 5) is 15.7. The second-order valence-electron chi connectivity index (χ2n) is 3.47. The van der Waals surface area contributed by atoms with Crippen LogP contribution >= 0.6 is 0 Å². The lowest BCUT2D eigenvalue weighted by Crippen LogP contribution is -2.39. The maximum atomic E-state index is 12.6. The quantitative estimate of drug-likeness (QED) is 0.787. The van der Waals surface area contributed by atoms with Crippen molar-refractivity contribution >= 4 is 17.4 Å². The van der Waals surface area contributed by atoms with E-state index in [9.17, 15) is 9.18 Å². The highest BCUT2D eigenvalue weighted by molar-refractivity contribution is 6.42. The molecule has 1 aromatic rings. The molecular formula is C11H12FN3O. The smallest absolute Gasteiger partial charge is 0.290 e. The van der Waals surface area contributed by atoms with Gasteiger partial charge < -0.3 is 10.6 Å². The van der Waals surface area contributed by atoms with Crippen LogP contribution in [0.4, 0.5) is 10.1 Å². The van der Waals surface area contributed by atoms with E-state index in [-0.39, 0.29) is 11.7 Å². The SMILES string of the molecule is O=C(Nc1ccc(F)cc1)C1=NCCCN1. The zero-order valence-electron chi connectivity index (χ0n) is 8.66. The third kappa shape index (κ3) is 2.56. The zero-order chi connectivity index (χ0) is 11.4. The summed E-state index contributed by atoms with van der Waals surface area (Å²) in [6, 6.07) is 5.62. The first-order chi connectivity index (χ1) is 7.75. The Morgan fingerprint density at radius 3 is 2.75 bits per heavy atom. The number of nitrogens with zero attached hydrogens (tertiary/aromatic N) is 1. The average Bonchev–Trinajstić information content (AvgIpc) is 2.33. The molecule has 0 fully saturated rings. The van der Waals surface area contributed by atoms with Crippen molar-refractivity contribution in [2.45, 2.75) is 6.42 Å². The average molecular weight is 221 g/mol. The van der Waals surface area contributed by atoms with Gasteiger partial charge in [0.25, 0.3) is 5.91 Å². The summed E-state index contributed by atoms with van der Waals surface area (Å²) < 4.78 is 12.6. The predicted molar refractivity (Wildman–Crippen MR) is 60.0 cm³/mol. The van der Waals surface area contributed by atoms with Crippen LogP contribution in [0.2, 0.25) is 0 Å². The van der Waals surface area contributed by atoms with Gasteiger partial charge in [0.15, 0.2) is 5.84 Å². The molecule has 84 valence electrons. The molecule has 1 aromatic carbocycles. The Bertz CT molecular complexity index is 414. The topological polar surface area (TPSA) is 53.5 Å². The number of halogens is 1. The van der Waals surface area contributed by atoms with E-state index in [1.54, 1.807) is 0 Å². The lowest BCUT2D eigenvalue weighted by Gasteiger charge is -2.13. The Labute approximate surface area is 92.6 Å². The highest BCUT2D eigenvalue weighted by Crippen LogP contribution is 2.08. The van der Waals surface area contributed by atoms with E-state index in [1.165, 1.54) is 24.3 Å². The molecule has 1 aliphatic rings. The molecule has 0 aliphatic carbocycles. The minimum Gasteiger partial charge on any atom is -0.366 e. The van der Waals surface area contributed by atoms with E-state index < -0.39 is 0 Å². The normalized spacial score (nSPS) is 14.9. The van der Waals surface area contributed by atoms with Crippen LogP contribution in [0, 0.1) is 5.82 Å². The van der Waals surface area contributed by atoms with Crippen LogP contribution in [-0.2, 0) is 4.79 Å². The van der Waals surface area contributed by atoms with Crippen LogP contribution < -0.4 is 10.6 Å². The number of hydrogen-bond donors (Lipinski definition) is 2. The summed E-state index contributed by atoms with van der Waals surface area (Å²) in [6.45, 7) is 1.43. The molecule has 1 aliphatic heterocycles. The molecule has 0 bridgehead atoms. The molecule has 0 aromatic heterocycles. The predicted octanol–water partition coefficient (Wildman–Crippen LogP) is 1.16. The van der Waals surface area contributed by atoms with Gasteiger partial charge in [0.2, 0.25) is 0 Å². The van der Waals surface area contributed by atoms with E-state index in [2.05, 4.69) is 15.6 Å². The minimum absolute atomic E-state index is 0.286. The largest absolute Gasteiger partial charge is 0.366 e. The molecule has 16 heavy (non-hydrogen) atoms. The van der Waals surface area contributed by atoms with E-state index >= 15 is 0 Å². The van der Waals surface area contributed by atoms with Crippen molar-refractivity contribution in [3.63, 3.8) is 0 Å². The van der Waals surface area contributed by atoms with Crippen LogP contribution in [0.25, 0.3) is 0 Å². The summed E-state index contributed by atoms with van der Waals surface area (Å²) in [5.41, 5.74) is 0.557. The molecule has 0 spiro atoms. The van der Waals surface area contributed by atoms with Gasteiger partial charge in [-0.1, -0.05) is 0 Å². The number of hydrogen-bond acceptors (Lipinski definition) is 3. The molecule has 0 radical (unpaired) electrons. The standard InChI is InChI=1S/C11H12FN3O/c12-8-2-4-9(5-3-8)15-11(16)10-13-6-1-7-14-10/h2-5H,1,6-7H2,(H,13,14)(H,15,16). The van der Waals surface area contributed by atoms with E-state index in [1.807, 2.05) is 0 Å². The Balaban J connectivity index is 2.01. The number of benzene rings is 1. The van der Waals surface area contributed by atoms with Crippen molar-refractivity contribution in [2.75, 3.05) is 18.4 Å². The van der Waals surface area contributed by atoms with Gasteiger partial charge in [0.05, 0.1) is 0 Å². The van der Waals surface area contributed by atoms with Crippen LogP contribution in [0.15, 0.2) is 29.3 Å². The molecule has 0 atom stereocenters. The van der Waals surface area contributed by atoms with Gasteiger partial charge in [-0.2, -0.15) is 0 Å². The summed E-state index contributed by atoms with van der Waals surface area (Å²) in [5, 5.41) is 5.55. The van der Waals surface area contributed by atoms with Crippen molar-refractivity contribution in [3.05, 3.63) is 30.1 Å². The molecule has 0 unspecified atom stereocenters. The zero-order valence-corrected chi connectivity index (χ0v) is 8.66. The molecule has 0 saturated heterocycles. The monoisotopic (exact) mass is 221 g/mol. The van der Waals surface area contributed by atoms with Crippen LogP contribution in [-0.4, -0.2) is 24.8 Å².